The summed E-state index contributed by atoms with van der Waals surface area (Å²) in [5.41, 5.74) is 2.07. The van der Waals surface area contributed by atoms with Crippen molar-refractivity contribution in [3.05, 3.63) is 71.8 Å². The molecule has 0 aliphatic carbocycles. The van der Waals surface area contributed by atoms with Crippen molar-refractivity contribution in [2.45, 2.75) is 13.0 Å². The highest BCUT2D eigenvalue weighted by Gasteiger charge is 2.19. The van der Waals surface area contributed by atoms with Gasteiger partial charge in [0.1, 0.15) is 5.75 Å². The zero-order valence-corrected chi connectivity index (χ0v) is 16.3. The molecule has 0 bridgehead atoms. The lowest BCUT2D eigenvalue weighted by molar-refractivity contribution is -0.117. The number of carbonyl (C=O) groups is 1. The van der Waals surface area contributed by atoms with Crippen molar-refractivity contribution in [3.63, 3.8) is 0 Å². The second-order valence-electron chi connectivity index (χ2n) is 6.72. The molecule has 28 heavy (non-hydrogen) atoms. The van der Waals surface area contributed by atoms with E-state index in [1.807, 2.05) is 55.5 Å². The van der Waals surface area contributed by atoms with E-state index in [4.69, 9.17) is 9.47 Å². The van der Waals surface area contributed by atoms with Gasteiger partial charge in [0.2, 0.25) is 5.91 Å². The Morgan fingerprint density at radius 1 is 1.14 bits per heavy atom. The van der Waals surface area contributed by atoms with E-state index in [0.717, 1.165) is 49.7 Å². The Hall–Kier alpha value is -2.63. The molecule has 1 amide bonds. The van der Waals surface area contributed by atoms with Gasteiger partial charge in [-0.2, -0.15) is 0 Å². The van der Waals surface area contributed by atoms with E-state index in [2.05, 4.69) is 22.3 Å². The lowest BCUT2D eigenvalue weighted by atomic mass is 10.1. The maximum atomic E-state index is 12.5. The number of carbonyl (C=O) groups excluding carboxylic acids is 1. The summed E-state index contributed by atoms with van der Waals surface area (Å²) >= 11 is 0. The molecule has 0 spiro atoms. The summed E-state index contributed by atoms with van der Waals surface area (Å²) in [6.45, 7) is 6.64. The monoisotopic (exact) mass is 380 g/mol. The topological polar surface area (TPSA) is 50.8 Å². The van der Waals surface area contributed by atoms with E-state index < -0.39 is 0 Å². The molecule has 3 rings (SSSR count). The molecule has 0 saturated carbocycles. The predicted molar refractivity (Wildman–Crippen MR) is 111 cm³/mol. The van der Waals surface area contributed by atoms with Crippen molar-refractivity contribution in [1.82, 2.24) is 10.2 Å². The fraction of sp³-hybridized carbons (Fsp3) is 0.348. The highest BCUT2D eigenvalue weighted by atomic mass is 16.5. The first-order valence-electron chi connectivity index (χ1n) is 9.81. The van der Waals surface area contributed by atoms with E-state index in [-0.39, 0.29) is 11.9 Å². The van der Waals surface area contributed by atoms with E-state index in [1.54, 1.807) is 6.08 Å². The van der Waals surface area contributed by atoms with Crippen LogP contribution < -0.4 is 10.1 Å². The summed E-state index contributed by atoms with van der Waals surface area (Å²) < 4.78 is 10.9. The molecule has 148 valence electrons. The quantitative estimate of drug-likeness (QED) is 0.714. The number of nitrogens with zero attached hydrogens (tertiary/aromatic N) is 1. The number of amides is 1. The fourth-order valence-corrected chi connectivity index (χ4v) is 3.20. The molecule has 1 atom stereocenters. The van der Waals surface area contributed by atoms with Gasteiger partial charge in [-0.15, -0.1) is 0 Å². The van der Waals surface area contributed by atoms with E-state index in [9.17, 15) is 4.79 Å². The third-order valence-corrected chi connectivity index (χ3v) is 4.68. The Labute approximate surface area is 167 Å². The van der Waals surface area contributed by atoms with Crippen LogP contribution in [-0.4, -0.2) is 50.3 Å². The molecule has 5 heteroatoms. The van der Waals surface area contributed by atoms with Crippen LogP contribution in [0, 0.1) is 0 Å². The summed E-state index contributed by atoms with van der Waals surface area (Å²) in [6, 6.07) is 17.8. The number of nitrogens with one attached hydrogen (secondary N) is 1. The first-order valence-corrected chi connectivity index (χ1v) is 9.81. The van der Waals surface area contributed by atoms with E-state index in [0.29, 0.717) is 6.61 Å². The number of benzene rings is 2. The van der Waals surface area contributed by atoms with Gasteiger partial charge in [-0.05, 0) is 36.3 Å². The SMILES string of the molecule is CCOc1ccc(/C=C/C(=O)N[C@@H](CN2CCOCC2)c2ccccc2)cc1. The maximum absolute atomic E-state index is 12.5. The Kier molecular flexibility index (Phi) is 7.64. The lowest BCUT2D eigenvalue weighted by Crippen LogP contribution is -2.42. The molecule has 0 radical (unpaired) electrons. The Balaban J connectivity index is 1.62. The zero-order valence-electron chi connectivity index (χ0n) is 16.3. The number of rotatable bonds is 8. The van der Waals surface area contributed by atoms with Crippen molar-refractivity contribution in [3.8, 4) is 5.75 Å². The fourth-order valence-electron chi connectivity index (χ4n) is 3.20. The number of hydrogen-bond acceptors (Lipinski definition) is 4. The van der Waals surface area contributed by atoms with Crippen molar-refractivity contribution < 1.29 is 14.3 Å². The van der Waals surface area contributed by atoms with Crippen LogP contribution in [0.25, 0.3) is 6.08 Å². The average Bonchev–Trinajstić information content (AvgIpc) is 2.74. The molecule has 1 heterocycles. The normalized spacial score (nSPS) is 16.0. The van der Waals surface area contributed by atoms with Gasteiger partial charge in [0.15, 0.2) is 0 Å². The van der Waals surface area contributed by atoms with Crippen LogP contribution in [0.15, 0.2) is 60.7 Å². The Bertz CT molecular complexity index is 753. The van der Waals surface area contributed by atoms with Crippen molar-refractivity contribution in [2.75, 3.05) is 39.5 Å². The third kappa shape index (κ3) is 6.22. The highest BCUT2D eigenvalue weighted by Crippen LogP contribution is 2.16. The minimum Gasteiger partial charge on any atom is -0.494 e. The van der Waals surface area contributed by atoms with Crippen molar-refractivity contribution >= 4 is 12.0 Å². The summed E-state index contributed by atoms with van der Waals surface area (Å²) in [5.74, 6) is 0.731. The van der Waals surface area contributed by atoms with Crippen LogP contribution in [-0.2, 0) is 9.53 Å². The van der Waals surface area contributed by atoms with Crippen LogP contribution in [0.4, 0.5) is 0 Å². The summed E-state index contributed by atoms with van der Waals surface area (Å²) in [4.78, 5) is 14.9. The summed E-state index contributed by atoms with van der Waals surface area (Å²) in [7, 11) is 0. The molecular formula is C23H28N2O3. The summed E-state index contributed by atoms with van der Waals surface area (Å²) in [5, 5.41) is 3.15. The van der Waals surface area contributed by atoms with Gasteiger partial charge in [0.05, 0.1) is 25.9 Å². The first-order chi connectivity index (χ1) is 13.7. The molecule has 1 N–H and O–H groups in total. The number of morpholine rings is 1. The second kappa shape index (κ2) is 10.6. The molecule has 2 aromatic carbocycles. The smallest absolute Gasteiger partial charge is 0.244 e. The van der Waals surface area contributed by atoms with Gasteiger partial charge in [0.25, 0.3) is 0 Å². The Morgan fingerprint density at radius 2 is 1.86 bits per heavy atom. The largest absolute Gasteiger partial charge is 0.494 e. The molecule has 0 aromatic heterocycles. The first kappa shape index (κ1) is 20.1. The molecular weight excluding hydrogens is 352 g/mol. The van der Waals surface area contributed by atoms with Gasteiger partial charge >= 0.3 is 0 Å². The van der Waals surface area contributed by atoms with Crippen LogP contribution in [0.2, 0.25) is 0 Å². The van der Waals surface area contributed by atoms with Gasteiger partial charge < -0.3 is 14.8 Å². The Morgan fingerprint density at radius 3 is 2.54 bits per heavy atom. The molecule has 1 fully saturated rings. The minimum absolute atomic E-state index is 0.0585. The molecule has 0 unspecified atom stereocenters. The second-order valence-corrected chi connectivity index (χ2v) is 6.72. The van der Waals surface area contributed by atoms with Crippen molar-refractivity contribution in [1.29, 1.82) is 0 Å². The van der Waals surface area contributed by atoms with Gasteiger partial charge in [-0.1, -0.05) is 42.5 Å². The minimum atomic E-state index is -0.101. The van der Waals surface area contributed by atoms with E-state index >= 15 is 0 Å². The summed E-state index contributed by atoms with van der Waals surface area (Å²) in [6.07, 6.45) is 3.41. The molecule has 1 saturated heterocycles. The van der Waals surface area contributed by atoms with Crippen LogP contribution in [0.1, 0.15) is 24.1 Å². The zero-order chi connectivity index (χ0) is 19.6. The molecule has 5 nitrogen and oxygen atoms in total. The van der Waals surface area contributed by atoms with Crippen LogP contribution >= 0.6 is 0 Å². The number of hydrogen-bond donors (Lipinski definition) is 1. The van der Waals surface area contributed by atoms with Gasteiger partial charge in [0, 0.05) is 25.7 Å². The third-order valence-electron chi connectivity index (χ3n) is 4.68. The molecule has 1 aliphatic rings. The predicted octanol–water partition coefficient (Wildman–Crippen LogP) is 3.29. The lowest BCUT2D eigenvalue weighted by Gasteiger charge is -2.31. The standard InChI is InChI=1S/C23H28N2O3/c1-2-28-21-11-8-19(9-12-21)10-13-23(26)24-22(20-6-4-3-5-7-20)18-25-14-16-27-17-15-25/h3-13,22H,2,14-18H2,1H3,(H,24,26)/b13-10+/t22-/m0/s1. The van der Waals surface area contributed by atoms with Crippen LogP contribution in [0.3, 0.4) is 0 Å². The highest BCUT2D eigenvalue weighted by molar-refractivity contribution is 5.92. The van der Waals surface area contributed by atoms with Gasteiger partial charge in [-0.25, -0.2) is 0 Å². The molecule has 1 aliphatic heterocycles. The number of ether oxygens (including phenoxy) is 2. The molecule has 2 aromatic rings. The van der Waals surface area contributed by atoms with E-state index in [1.165, 1.54) is 0 Å². The maximum Gasteiger partial charge on any atom is 0.244 e. The average molecular weight is 380 g/mol. The van der Waals surface area contributed by atoms with Gasteiger partial charge in [-0.3, -0.25) is 9.69 Å². The van der Waals surface area contributed by atoms with Crippen molar-refractivity contribution in [2.24, 2.45) is 0 Å². The van der Waals surface area contributed by atoms with Crippen LogP contribution in [0.5, 0.6) is 5.75 Å².